The van der Waals surface area contributed by atoms with Crippen molar-refractivity contribution in [3.05, 3.63) is 47.7 Å². The summed E-state index contributed by atoms with van der Waals surface area (Å²) in [6.07, 6.45) is 5.06. The summed E-state index contributed by atoms with van der Waals surface area (Å²) in [4.78, 5) is 16.9. The van der Waals surface area contributed by atoms with Crippen molar-refractivity contribution in [1.82, 2.24) is 4.98 Å². The van der Waals surface area contributed by atoms with Crippen molar-refractivity contribution >= 4 is 23.5 Å². The maximum absolute atomic E-state index is 11.9. The summed E-state index contributed by atoms with van der Waals surface area (Å²) < 4.78 is 0. The molecule has 0 spiro atoms. The molecule has 0 bridgehead atoms. The molecular weight excluding hydrogens is 284 g/mol. The predicted molar refractivity (Wildman–Crippen MR) is 83.7 cm³/mol. The minimum Gasteiger partial charge on any atom is -0.504 e. The third-order valence-corrected chi connectivity index (χ3v) is 4.48. The molecule has 0 aliphatic heterocycles. The second-order valence-corrected chi connectivity index (χ2v) is 6.04. The highest BCUT2D eigenvalue weighted by molar-refractivity contribution is 8.00. The van der Waals surface area contributed by atoms with Crippen molar-refractivity contribution in [1.29, 1.82) is 0 Å². The molecule has 0 saturated heterocycles. The quantitative estimate of drug-likeness (QED) is 0.852. The molecule has 1 amide bonds. The molecule has 0 fully saturated rings. The van der Waals surface area contributed by atoms with Crippen molar-refractivity contribution in [2.45, 2.75) is 24.2 Å². The zero-order valence-corrected chi connectivity index (χ0v) is 12.3. The first kappa shape index (κ1) is 13.9. The summed E-state index contributed by atoms with van der Waals surface area (Å²) in [5.74, 6) is 0.314. The third-order valence-electron chi connectivity index (χ3n) is 3.48. The molecule has 108 valence electrons. The Kier molecular flexibility index (Phi) is 4.10. The lowest BCUT2D eigenvalue weighted by atomic mass is 10.1. The molecular formula is C16H16N2O2S. The Bertz CT molecular complexity index is 673. The molecule has 21 heavy (non-hydrogen) atoms. The van der Waals surface area contributed by atoms with Crippen molar-refractivity contribution in [2.24, 2.45) is 0 Å². The van der Waals surface area contributed by atoms with Crippen LogP contribution in [-0.4, -0.2) is 21.8 Å². The van der Waals surface area contributed by atoms with E-state index >= 15 is 0 Å². The first-order valence-electron chi connectivity index (χ1n) is 6.91. The van der Waals surface area contributed by atoms with Crippen LogP contribution < -0.4 is 5.32 Å². The van der Waals surface area contributed by atoms with E-state index in [0.717, 1.165) is 11.3 Å². The van der Waals surface area contributed by atoms with Gasteiger partial charge in [-0.15, -0.1) is 11.8 Å². The van der Waals surface area contributed by atoms with Gasteiger partial charge in [-0.25, -0.2) is 4.98 Å². The topological polar surface area (TPSA) is 62.2 Å². The molecule has 1 heterocycles. The molecule has 5 heteroatoms. The summed E-state index contributed by atoms with van der Waals surface area (Å²) in [5, 5.41) is 12.2. The number of hydrogen-bond acceptors (Lipinski definition) is 4. The van der Waals surface area contributed by atoms with Gasteiger partial charge >= 0.3 is 0 Å². The Balaban J connectivity index is 1.58. The van der Waals surface area contributed by atoms with E-state index in [0.29, 0.717) is 5.75 Å². The monoisotopic (exact) mass is 300 g/mol. The number of aromatic hydroxyl groups is 1. The normalized spacial score (nSPS) is 13.0. The van der Waals surface area contributed by atoms with Crippen LogP contribution >= 0.6 is 11.8 Å². The number of anilines is 1. The van der Waals surface area contributed by atoms with E-state index in [4.69, 9.17) is 0 Å². The standard InChI is InChI=1S/C16H16N2O2S/c19-14-5-2-8-17-16(14)18-15(20)10-21-13-7-6-11-3-1-4-12(11)9-13/h2,5-9,19H,1,3-4,10H2,(H,17,18,20). The van der Waals surface area contributed by atoms with Crippen molar-refractivity contribution in [3.8, 4) is 5.75 Å². The smallest absolute Gasteiger partial charge is 0.235 e. The highest BCUT2D eigenvalue weighted by Crippen LogP contribution is 2.27. The van der Waals surface area contributed by atoms with Gasteiger partial charge in [0.15, 0.2) is 11.6 Å². The van der Waals surface area contributed by atoms with Gasteiger partial charge in [0.2, 0.25) is 5.91 Å². The number of pyridine rings is 1. The first-order chi connectivity index (χ1) is 10.2. The molecule has 1 aromatic carbocycles. The third kappa shape index (κ3) is 3.36. The van der Waals surface area contributed by atoms with Gasteiger partial charge < -0.3 is 10.4 Å². The number of fused-ring (bicyclic) bond motifs is 1. The summed E-state index contributed by atoms with van der Waals surface area (Å²) >= 11 is 1.50. The summed E-state index contributed by atoms with van der Waals surface area (Å²) in [6.45, 7) is 0. The lowest BCUT2D eigenvalue weighted by molar-refractivity contribution is -0.113. The van der Waals surface area contributed by atoms with E-state index in [9.17, 15) is 9.90 Å². The number of carbonyl (C=O) groups is 1. The maximum Gasteiger partial charge on any atom is 0.235 e. The van der Waals surface area contributed by atoms with Crippen LogP contribution in [0.25, 0.3) is 0 Å². The SMILES string of the molecule is O=C(CSc1ccc2c(c1)CCC2)Nc1ncccc1O. The van der Waals surface area contributed by atoms with Gasteiger partial charge in [0.1, 0.15) is 0 Å². The van der Waals surface area contributed by atoms with Crippen LogP contribution in [0.1, 0.15) is 17.5 Å². The Hall–Kier alpha value is -2.01. The number of nitrogens with zero attached hydrogens (tertiary/aromatic N) is 1. The van der Waals surface area contributed by atoms with E-state index in [-0.39, 0.29) is 17.5 Å². The molecule has 0 atom stereocenters. The van der Waals surface area contributed by atoms with Crippen LogP contribution in [0.15, 0.2) is 41.4 Å². The summed E-state index contributed by atoms with van der Waals surface area (Å²) in [6, 6.07) is 9.52. The number of amides is 1. The minimum atomic E-state index is -0.172. The molecule has 2 N–H and O–H groups in total. The average molecular weight is 300 g/mol. The Morgan fingerprint density at radius 2 is 2.14 bits per heavy atom. The predicted octanol–water partition coefficient (Wildman–Crippen LogP) is 3.01. The number of aromatic nitrogens is 1. The highest BCUT2D eigenvalue weighted by atomic mass is 32.2. The molecule has 1 aromatic heterocycles. The molecule has 1 aliphatic rings. The van der Waals surface area contributed by atoms with Crippen LogP contribution in [0.5, 0.6) is 5.75 Å². The first-order valence-corrected chi connectivity index (χ1v) is 7.89. The number of rotatable bonds is 4. The van der Waals surface area contributed by atoms with Crippen LogP contribution in [0.4, 0.5) is 5.82 Å². The molecule has 4 nitrogen and oxygen atoms in total. The number of aryl methyl sites for hydroxylation is 2. The maximum atomic E-state index is 11.9. The summed E-state index contributed by atoms with van der Waals surface area (Å²) in [7, 11) is 0. The van der Waals surface area contributed by atoms with Gasteiger partial charge in [0, 0.05) is 11.1 Å². The molecule has 0 unspecified atom stereocenters. The fraction of sp³-hybridized carbons (Fsp3) is 0.250. The Labute approximate surface area is 127 Å². The number of carbonyl (C=O) groups excluding carboxylic acids is 1. The second kappa shape index (κ2) is 6.18. The van der Waals surface area contributed by atoms with E-state index in [1.54, 1.807) is 6.07 Å². The largest absolute Gasteiger partial charge is 0.504 e. The van der Waals surface area contributed by atoms with Gasteiger partial charge in [0.25, 0.3) is 0 Å². The Morgan fingerprint density at radius 1 is 1.29 bits per heavy atom. The van der Waals surface area contributed by atoms with E-state index in [1.165, 1.54) is 48.0 Å². The lowest BCUT2D eigenvalue weighted by Gasteiger charge is -2.07. The van der Waals surface area contributed by atoms with Crippen LogP contribution in [0.3, 0.4) is 0 Å². The molecule has 1 aliphatic carbocycles. The molecule has 0 radical (unpaired) electrons. The zero-order valence-electron chi connectivity index (χ0n) is 11.5. The lowest BCUT2D eigenvalue weighted by Crippen LogP contribution is -2.15. The van der Waals surface area contributed by atoms with E-state index < -0.39 is 0 Å². The number of benzene rings is 1. The van der Waals surface area contributed by atoms with Gasteiger partial charge in [-0.3, -0.25) is 4.79 Å². The molecule has 0 saturated carbocycles. The number of hydrogen-bond donors (Lipinski definition) is 2. The van der Waals surface area contributed by atoms with Gasteiger partial charge in [0.05, 0.1) is 5.75 Å². The highest BCUT2D eigenvalue weighted by Gasteiger charge is 2.12. The minimum absolute atomic E-state index is 0.0200. The fourth-order valence-electron chi connectivity index (χ4n) is 2.45. The van der Waals surface area contributed by atoms with Gasteiger partial charge in [-0.2, -0.15) is 0 Å². The summed E-state index contributed by atoms with van der Waals surface area (Å²) in [5.41, 5.74) is 2.84. The molecule has 2 aromatic rings. The Morgan fingerprint density at radius 3 is 3.00 bits per heavy atom. The van der Waals surface area contributed by atoms with Gasteiger partial charge in [-0.1, -0.05) is 6.07 Å². The number of nitrogens with one attached hydrogen (secondary N) is 1. The van der Waals surface area contributed by atoms with Crippen molar-refractivity contribution in [3.63, 3.8) is 0 Å². The van der Waals surface area contributed by atoms with Crippen molar-refractivity contribution < 1.29 is 9.90 Å². The number of thioether (sulfide) groups is 1. The zero-order chi connectivity index (χ0) is 14.7. The van der Waals surface area contributed by atoms with Crippen LogP contribution in [0.2, 0.25) is 0 Å². The van der Waals surface area contributed by atoms with Gasteiger partial charge in [-0.05, 0) is 54.7 Å². The molecule has 3 rings (SSSR count). The average Bonchev–Trinajstić information content (AvgIpc) is 2.95. The van der Waals surface area contributed by atoms with Crippen LogP contribution in [0, 0.1) is 0 Å². The second-order valence-electron chi connectivity index (χ2n) is 4.99. The van der Waals surface area contributed by atoms with Crippen molar-refractivity contribution in [2.75, 3.05) is 11.1 Å². The van der Waals surface area contributed by atoms with E-state index in [2.05, 4.69) is 28.5 Å². The van der Waals surface area contributed by atoms with E-state index in [1.807, 2.05) is 0 Å². The van der Waals surface area contributed by atoms with Crippen LogP contribution in [-0.2, 0) is 17.6 Å². The fourth-order valence-corrected chi connectivity index (χ4v) is 3.21.